The zero-order valence-electron chi connectivity index (χ0n) is 11.6. The van der Waals surface area contributed by atoms with Gasteiger partial charge in [0.1, 0.15) is 0 Å². The fraction of sp³-hybridized carbons (Fsp3) is 0.643. The predicted molar refractivity (Wildman–Crippen MR) is 83.3 cm³/mol. The summed E-state index contributed by atoms with van der Waals surface area (Å²) in [7, 11) is 0. The number of halogens is 1. The normalized spacial score (nSPS) is 19.1. The number of hydrogen-bond acceptors (Lipinski definition) is 3. The number of nitrogens with two attached hydrogens (primary N) is 1. The standard InChI is InChI=1S/C14H22N2OS.ClH/c1-10-8-13(18-11(10)2)14(17)16-7-3-4-12(9-16)5-6-15;/h8,12H,3-7,9,15H2,1-2H3;1H. The van der Waals surface area contributed by atoms with Crippen LogP contribution in [0.3, 0.4) is 0 Å². The number of carbonyl (C=O) groups excluding carboxylic acids is 1. The first-order valence-corrected chi connectivity index (χ1v) is 7.50. The Morgan fingerprint density at radius 2 is 2.26 bits per heavy atom. The van der Waals surface area contributed by atoms with E-state index in [-0.39, 0.29) is 18.3 Å². The van der Waals surface area contributed by atoms with Gasteiger partial charge in [0.05, 0.1) is 4.88 Å². The van der Waals surface area contributed by atoms with E-state index in [2.05, 4.69) is 13.8 Å². The highest BCUT2D eigenvalue weighted by atomic mass is 35.5. The third-order valence-corrected chi connectivity index (χ3v) is 4.90. The van der Waals surface area contributed by atoms with Gasteiger partial charge in [-0.15, -0.1) is 23.7 Å². The van der Waals surface area contributed by atoms with Crippen molar-refractivity contribution in [3.63, 3.8) is 0 Å². The fourth-order valence-electron chi connectivity index (χ4n) is 2.56. The van der Waals surface area contributed by atoms with Gasteiger partial charge in [-0.3, -0.25) is 4.79 Å². The van der Waals surface area contributed by atoms with Gasteiger partial charge in [-0.05, 0) is 57.2 Å². The Morgan fingerprint density at radius 3 is 2.84 bits per heavy atom. The van der Waals surface area contributed by atoms with E-state index in [9.17, 15) is 4.79 Å². The van der Waals surface area contributed by atoms with Gasteiger partial charge in [-0.1, -0.05) is 0 Å². The Balaban J connectivity index is 0.00000180. The topological polar surface area (TPSA) is 46.3 Å². The Morgan fingerprint density at radius 1 is 1.53 bits per heavy atom. The summed E-state index contributed by atoms with van der Waals surface area (Å²) in [4.78, 5) is 16.6. The van der Waals surface area contributed by atoms with E-state index in [0.717, 1.165) is 37.4 Å². The number of carbonyl (C=O) groups is 1. The number of rotatable bonds is 3. The number of nitrogens with zero attached hydrogens (tertiary/aromatic N) is 1. The summed E-state index contributed by atoms with van der Waals surface area (Å²) in [6, 6.07) is 2.02. The van der Waals surface area contributed by atoms with Crippen molar-refractivity contribution in [1.29, 1.82) is 0 Å². The largest absolute Gasteiger partial charge is 0.338 e. The van der Waals surface area contributed by atoms with Crippen molar-refractivity contribution in [2.75, 3.05) is 19.6 Å². The lowest BCUT2D eigenvalue weighted by Crippen LogP contribution is -2.40. The molecule has 1 saturated heterocycles. The molecule has 1 amide bonds. The maximum absolute atomic E-state index is 12.4. The van der Waals surface area contributed by atoms with Crippen molar-refractivity contribution in [3.05, 3.63) is 21.4 Å². The molecule has 0 aliphatic carbocycles. The zero-order chi connectivity index (χ0) is 13.1. The Hall–Kier alpha value is -0.580. The molecule has 1 unspecified atom stereocenters. The van der Waals surface area contributed by atoms with Crippen LogP contribution in [0.2, 0.25) is 0 Å². The maximum Gasteiger partial charge on any atom is 0.263 e. The number of aryl methyl sites for hydroxylation is 2. The zero-order valence-corrected chi connectivity index (χ0v) is 13.3. The average Bonchev–Trinajstić information content (AvgIpc) is 2.69. The molecule has 3 nitrogen and oxygen atoms in total. The average molecular weight is 303 g/mol. The molecule has 2 rings (SSSR count). The first-order chi connectivity index (χ1) is 8.61. The quantitative estimate of drug-likeness (QED) is 0.933. The smallest absolute Gasteiger partial charge is 0.263 e. The molecule has 0 radical (unpaired) electrons. The van der Waals surface area contributed by atoms with E-state index in [1.807, 2.05) is 11.0 Å². The highest BCUT2D eigenvalue weighted by Crippen LogP contribution is 2.25. The van der Waals surface area contributed by atoms with Crippen LogP contribution in [0.5, 0.6) is 0 Å². The van der Waals surface area contributed by atoms with Crippen LogP contribution in [0.4, 0.5) is 0 Å². The SMILES string of the molecule is Cc1cc(C(=O)N2CCCC(CCN)C2)sc1C.Cl. The lowest BCUT2D eigenvalue weighted by Gasteiger charge is -2.32. The van der Waals surface area contributed by atoms with Crippen LogP contribution in [-0.2, 0) is 0 Å². The fourth-order valence-corrected chi connectivity index (χ4v) is 3.56. The van der Waals surface area contributed by atoms with Crippen molar-refractivity contribution in [3.8, 4) is 0 Å². The van der Waals surface area contributed by atoms with Crippen LogP contribution in [0, 0.1) is 19.8 Å². The van der Waals surface area contributed by atoms with Crippen LogP contribution in [-0.4, -0.2) is 30.4 Å². The highest BCUT2D eigenvalue weighted by molar-refractivity contribution is 7.14. The molecule has 0 spiro atoms. The molecule has 108 valence electrons. The first kappa shape index (κ1) is 16.5. The predicted octanol–water partition coefficient (Wildman–Crippen LogP) is 2.99. The highest BCUT2D eigenvalue weighted by Gasteiger charge is 2.25. The van der Waals surface area contributed by atoms with E-state index < -0.39 is 0 Å². The van der Waals surface area contributed by atoms with Crippen LogP contribution >= 0.6 is 23.7 Å². The van der Waals surface area contributed by atoms with Gasteiger partial charge in [0.15, 0.2) is 0 Å². The molecule has 2 heterocycles. The van der Waals surface area contributed by atoms with Gasteiger partial charge in [-0.25, -0.2) is 0 Å². The number of likely N-dealkylation sites (tertiary alicyclic amines) is 1. The van der Waals surface area contributed by atoms with Gasteiger partial charge < -0.3 is 10.6 Å². The lowest BCUT2D eigenvalue weighted by atomic mass is 9.95. The summed E-state index contributed by atoms with van der Waals surface area (Å²) in [6.07, 6.45) is 3.36. The molecule has 2 N–H and O–H groups in total. The maximum atomic E-state index is 12.4. The van der Waals surface area contributed by atoms with Gasteiger partial charge in [0.2, 0.25) is 0 Å². The second-order valence-electron chi connectivity index (χ2n) is 5.19. The van der Waals surface area contributed by atoms with Gasteiger partial charge >= 0.3 is 0 Å². The van der Waals surface area contributed by atoms with Crippen molar-refractivity contribution in [2.45, 2.75) is 33.1 Å². The van der Waals surface area contributed by atoms with Crippen molar-refractivity contribution < 1.29 is 4.79 Å². The van der Waals surface area contributed by atoms with E-state index in [1.54, 1.807) is 11.3 Å². The van der Waals surface area contributed by atoms with E-state index in [0.29, 0.717) is 5.92 Å². The minimum Gasteiger partial charge on any atom is -0.338 e. The molecule has 1 aliphatic heterocycles. The molecular weight excluding hydrogens is 280 g/mol. The third kappa shape index (κ3) is 3.94. The monoisotopic (exact) mass is 302 g/mol. The Bertz CT molecular complexity index is 412. The third-order valence-electron chi connectivity index (χ3n) is 3.76. The Kier molecular flexibility index (Phi) is 6.30. The number of hydrogen-bond donors (Lipinski definition) is 1. The van der Waals surface area contributed by atoms with Crippen LogP contribution < -0.4 is 5.73 Å². The summed E-state index contributed by atoms with van der Waals surface area (Å²) in [5.74, 6) is 0.799. The summed E-state index contributed by atoms with van der Waals surface area (Å²) in [6.45, 7) is 6.64. The Labute approximate surface area is 125 Å². The molecule has 1 aliphatic rings. The second-order valence-corrected chi connectivity index (χ2v) is 6.44. The molecule has 0 bridgehead atoms. The number of amides is 1. The summed E-state index contributed by atoms with van der Waals surface area (Å²) in [5, 5.41) is 0. The summed E-state index contributed by atoms with van der Waals surface area (Å²) < 4.78 is 0. The summed E-state index contributed by atoms with van der Waals surface area (Å²) >= 11 is 1.61. The molecule has 1 atom stereocenters. The number of thiophene rings is 1. The summed E-state index contributed by atoms with van der Waals surface area (Å²) in [5.41, 5.74) is 6.84. The van der Waals surface area contributed by atoms with Gasteiger partial charge in [-0.2, -0.15) is 0 Å². The molecule has 1 aromatic rings. The lowest BCUT2D eigenvalue weighted by molar-refractivity contribution is 0.0674. The van der Waals surface area contributed by atoms with Crippen molar-refractivity contribution in [1.82, 2.24) is 4.90 Å². The molecular formula is C14H23ClN2OS. The first-order valence-electron chi connectivity index (χ1n) is 6.68. The van der Waals surface area contributed by atoms with Gasteiger partial charge in [0, 0.05) is 18.0 Å². The van der Waals surface area contributed by atoms with Crippen LogP contribution in [0.25, 0.3) is 0 Å². The van der Waals surface area contributed by atoms with E-state index >= 15 is 0 Å². The second kappa shape index (κ2) is 7.27. The molecule has 1 aromatic heterocycles. The van der Waals surface area contributed by atoms with E-state index in [1.165, 1.54) is 16.9 Å². The van der Waals surface area contributed by atoms with Crippen molar-refractivity contribution >= 4 is 29.7 Å². The van der Waals surface area contributed by atoms with Crippen LogP contribution in [0.1, 0.15) is 39.4 Å². The van der Waals surface area contributed by atoms with Crippen LogP contribution in [0.15, 0.2) is 6.07 Å². The minimum absolute atomic E-state index is 0. The van der Waals surface area contributed by atoms with E-state index in [4.69, 9.17) is 5.73 Å². The van der Waals surface area contributed by atoms with Crippen molar-refractivity contribution in [2.24, 2.45) is 11.7 Å². The minimum atomic E-state index is 0. The van der Waals surface area contributed by atoms with Gasteiger partial charge in [0.25, 0.3) is 5.91 Å². The molecule has 19 heavy (non-hydrogen) atoms. The molecule has 1 fully saturated rings. The molecule has 0 saturated carbocycles. The molecule has 0 aromatic carbocycles. The number of piperidine rings is 1. The molecule has 5 heteroatoms.